The van der Waals surface area contributed by atoms with Crippen LogP contribution in [0.15, 0.2) is 42.5 Å². The third-order valence-electron chi connectivity index (χ3n) is 3.23. The van der Waals surface area contributed by atoms with Crippen LogP contribution in [0.2, 0.25) is 0 Å². The molecule has 20 heavy (non-hydrogen) atoms. The molecule has 0 aliphatic rings. The first-order chi connectivity index (χ1) is 9.65. The van der Waals surface area contributed by atoms with Crippen LogP contribution in [0.25, 0.3) is 0 Å². The van der Waals surface area contributed by atoms with Crippen LogP contribution in [-0.4, -0.2) is 13.0 Å². The van der Waals surface area contributed by atoms with Gasteiger partial charge in [-0.3, -0.25) is 0 Å². The van der Waals surface area contributed by atoms with Crippen LogP contribution in [0.4, 0.5) is 8.78 Å². The molecule has 0 N–H and O–H groups in total. The van der Waals surface area contributed by atoms with E-state index in [0.717, 1.165) is 5.56 Å². The van der Waals surface area contributed by atoms with Crippen LogP contribution < -0.4 is 4.74 Å². The molecule has 1 atom stereocenters. The summed E-state index contributed by atoms with van der Waals surface area (Å²) < 4.78 is 32.3. The van der Waals surface area contributed by atoms with Gasteiger partial charge < -0.3 is 4.74 Å². The van der Waals surface area contributed by atoms with Gasteiger partial charge >= 0.3 is 0 Å². The second kappa shape index (κ2) is 6.71. The molecule has 0 amide bonds. The van der Waals surface area contributed by atoms with Gasteiger partial charge in [0.1, 0.15) is 5.82 Å². The topological polar surface area (TPSA) is 9.23 Å². The second-order valence-electron chi connectivity index (χ2n) is 4.55. The Bertz CT molecular complexity index is 586. The summed E-state index contributed by atoms with van der Waals surface area (Å²) in [7, 11) is 1.42. The third kappa shape index (κ3) is 3.28. The van der Waals surface area contributed by atoms with Gasteiger partial charge in [0.2, 0.25) is 0 Å². The number of hydrogen-bond donors (Lipinski definition) is 0. The van der Waals surface area contributed by atoms with E-state index in [1.807, 2.05) is 0 Å². The Balaban J connectivity index is 2.23. The maximum Gasteiger partial charge on any atom is 0.165 e. The first-order valence-corrected chi connectivity index (χ1v) is 6.82. The summed E-state index contributed by atoms with van der Waals surface area (Å²) in [5, 5.41) is 0. The molecular weight excluding hydrogens is 282 g/mol. The van der Waals surface area contributed by atoms with Gasteiger partial charge in [-0.15, -0.1) is 11.6 Å². The summed E-state index contributed by atoms with van der Waals surface area (Å²) in [6, 6.07) is 11.3. The molecule has 1 nitrogen and oxygen atoms in total. The highest BCUT2D eigenvalue weighted by molar-refractivity contribution is 6.18. The van der Waals surface area contributed by atoms with Gasteiger partial charge in [0.05, 0.1) is 7.11 Å². The predicted molar refractivity (Wildman–Crippen MR) is 76.5 cm³/mol. The average molecular weight is 297 g/mol. The minimum atomic E-state index is -0.424. The van der Waals surface area contributed by atoms with E-state index in [-0.39, 0.29) is 23.4 Å². The van der Waals surface area contributed by atoms with E-state index in [0.29, 0.717) is 12.0 Å². The normalized spacial score (nSPS) is 12.2. The fourth-order valence-electron chi connectivity index (χ4n) is 2.18. The first kappa shape index (κ1) is 14.8. The second-order valence-corrected chi connectivity index (χ2v) is 4.85. The van der Waals surface area contributed by atoms with Crippen LogP contribution in [0, 0.1) is 11.6 Å². The standard InChI is InChI=1S/C16H15ClF2O/c1-20-16-7-6-11(9-15(16)19)8-12(10-17)13-4-2-3-5-14(13)18/h2-7,9,12H,8,10H2,1H3. The molecule has 106 valence electrons. The Morgan fingerprint density at radius 1 is 1.10 bits per heavy atom. The van der Waals surface area contributed by atoms with Crippen LogP contribution in [0.1, 0.15) is 17.0 Å². The number of rotatable bonds is 5. The van der Waals surface area contributed by atoms with E-state index in [4.69, 9.17) is 16.3 Å². The number of alkyl halides is 1. The molecule has 0 fully saturated rings. The van der Waals surface area contributed by atoms with Gasteiger partial charge in [-0.05, 0) is 35.7 Å². The molecule has 0 aliphatic heterocycles. The van der Waals surface area contributed by atoms with Crippen molar-refractivity contribution in [3.63, 3.8) is 0 Å². The predicted octanol–water partition coefficient (Wildman–Crippen LogP) is 4.54. The summed E-state index contributed by atoms with van der Waals surface area (Å²) in [4.78, 5) is 0. The Kier molecular flexibility index (Phi) is 4.96. The molecule has 0 spiro atoms. The molecule has 0 bridgehead atoms. The van der Waals surface area contributed by atoms with Gasteiger partial charge in [-0.25, -0.2) is 8.78 Å². The van der Waals surface area contributed by atoms with Crippen molar-refractivity contribution in [2.24, 2.45) is 0 Å². The average Bonchev–Trinajstić information content (AvgIpc) is 2.46. The number of benzene rings is 2. The molecular formula is C16H15ClF2O. The van der Waals surface area contributed by atoms with Crippen molar-refractivity contribution < 1.29 is 13.5 Å². The fraction of sp³-hybridized carbons (Fsp3) is 0.250. The molecule has 0 aromatic heterocycles. The zero-order valence-electron chi connectivity index (χ0n) is 11.1. The van der Waals surface area contributed by atoms with Crippen molar-refractivity contribution in [2.45, 2.75) is 12.3 Å². The van der Waals surface area contributed by atoms with Gasteiger partial charge in [-0.2, -0.15) is 0 Å². The highest BCUT2D eigenvalue weighted by Crippen LogP contribution is 2.26. The van der Waals surface area contributed by atoms with Crippen LogP contribution in [-0.2, 0) is 6.42 Å². The molecule has 4 heteroatoms. The summed E-state index contributed by atoms with van der Waals surface area (Å²) >= 11 is 5.94. The summed E-state index contributed by atoms with van der Waals surface area (Å²) in [6.07, 6.45) is 0.478. The lowest BCUT2D eigenvalue weighted by atomic mass is 9.93. The van der Waals surface area contributed by atoms with Gasteiger partial charge in [-0.1, -0.05) is 24.3 Å². The Hall–Kier alpha value is -1.61. The van der Waals surface area contributed by atoms with Crippen LogP contribution in [0.3, 0.4) is 0 Å². The summed E-state index contributed by atoms with van der Waals surface area (Å²) in [5.74, 6) is -0.430. The lowest BCUT2D eigenvalue weighted by Gasteiger charge is -2.15. The van der Waals surface area contributed by atoms with Crippen LogP contribution >= 0.6 is 11.6 Å². The summed E-state index contributed by atoms with van der Waals surface area (Å²) in [6.45, 7) is 0. The number of hydrogen-bond acceptors (Lipinski definition) is 1. The quantitative estimate of drug-likeness (QED) is 0.736. The van der Waals surface area contributed by atoms with Crippen molar-refractivity contribution in [1.29, 1.82) is 0 Å². The Morgan fingerprint density at radius 2 is 1.85 bits per heavy atom. The monoisotopic (exact) mass is 296 g/mol. The molecule has 0 saturated heterocycles. The molecule has 1 unspecified atom stereocenters. The highest BCUT2D eigenvalue weighted by atomic mass is 35.5. The maximum atomic E-state index is 13.8. The van der Waals surface area contributed by atoms with E-state index in [1.165, 1.54) is 19.2 Å². The minimum Gasteiger partial charge on any atom is -0.494 e. The minimum absolute atomic E-state index is 0.189. The van der Waals surface area contributed by atoms with Crippen molar-refractivity contribution in [3.05, 3.63) is 65.2 Å². The summed E-state index contributed by atoms with van der Waals surface area (Å²) in [5.41, 5.74) is 1.32. The molecule has 0 heterocycles. The molecule has 2 aromatic carbocycles. The third-order valence-corrected chi connectivity index (χ3v) is 3.60. The highest BCUT2D eigenvalue weighted by Gasteiger charge is 2.16. The molecule has 2 rings (SSSR count). The number of ether oxygens (including phenoxy) is 1. The molecule has 0 aliphatic carbocycles. The molecule has 0 saturated carbocycles. The van der Waals surface area contributed by atoms with Crippen molar-refractivity contribution in [1.82, 2.24) is 0 Å². The van der Waals surface area contributed by atoms with E-state index >= 15 is 0 Å². The maximum absolute atomic E-state index is 13.8. The lowest BCUT2D eigenvalue weighted by Crippen LogP contribution is -2.07. The number of halogens is 3. The smallest absolute Gasteiger partial charge is 0.165 e. The van der Waals surface area contributed by atoms with Gasteiger partial charge in [0, 0.05) is 11.8 Å². The molecule has 2 aromatic rings. The van der Waals surface area contributed by atoms with Crippen molar-refractivity contribution in [3.8, 4) is 5.75 Å². The zero-order chi connectivity index (χ0) is 14.5. The van der Waals surface area contributed by atoms with E-state index in [2.05, 4.69) is 0 Å². The van der Waals surface area contributed by atoms with Crippen LogP contribution in [0.5, 0.6) is 5.75 Å². The SMILES string of the molecule is COc1ccc(CC(CCl)c2ccccc2F)cc1F. The Labute approximate surface area is 122 Å². The lowest BCUT2D eigenvalue weighted by molar-refractivity contribution is 0.386. The largest absolute Gasteiger partial charge is 0.494 e. The Morgan fingerprint density at radius 3 is 2.45 bits per heavy atom. The van der Waals surface area contributed by atoms with Crippen molar-refractivity contribution >= 4 is 11.6 Å². The first-order valence-electron chi connectivity index (χ1n) is 6.28. The fourth-order valence-corrected chi connectivity index (χ4v) is 2.45. The molecule has 0 radical (unpaired) electrons. The van der Waals surface area contributed by atoms with Gasteiger partial charge in [0.25, 0.3) is 0 Å². The van der Waals surface area contributed by atoms with Gasteiger partial charge in [0.15, 0.2) is 11.6 Å². The zero-order valence-corrected chi connectivity index (χ0v) is 11.8. The van der Waals surface area contributed by atoms with E-state index in [9.17, 15) is 8.78 Å². The van der Waals surface area contributed by atoms with E-state index < -0.39 is 5.82 Å². The van der Waals surface area contributed by atoms with E-state index in [1.54, 1.807) is 30.3 Å². The van der Waals surface area contributed by atoms with Crippen molar-refractivity contribution in [2.75, 3.05) is 13.0 Å². The number of methoxy groups -OCH3 is 1.